The lowest BCUT2D eigenvalue weighted by atomic mass is 9.70. The van der Waals surface area contributed by atoms with Crippen LogP contribution in [-0.2, 0) is 25.5 Å². The second-order valence-electron chi connectivity index (χ2n) is 6.97. The molecule has 3 rings (SSSR count). The number of methoxy groups -OCH3 is 2. The molecule has 2 aromatic rings. The molecule has 1 aromatic heterocycles. The molecule has 144 valence electrons. The number of hydrogen-bond acceptors (Lipinski definition) is 7. The number of esters is 2. The highest BCUT2D eigenvalue weighted by molar-refractivity contribution is 7.16. The van der Waals surface area contributed by atoms with Crippen molar-refractivity contribution < 1.29 is 19.1 Å². The molecule has 1 heterocycles. The Labute approximate surface area is 163 Å². The van der Waals surface area contributed by atoms with Crippen LogP contribution in [0.15, 0.2) is 24.3 Å². The second-order valence-corrected chi connectivity index (χ2v) is 7.98. The van der Waals surface area contributed by atoms with Crippen LogP contribution in [0.1, 0.15) is 33.5 Å². The SMILES string of the molecule is COC(=O)[C@@H]1[C@H](c2ccc(C)cc2)Cc2nc(N(C)C)sc2[C@@H]1C(=O)OC. The van der Waals surface area contributed by atoms with Gasteiger partial charge in [0.05, 0.1) is 25.8 Å². The maximum Gasteiger partial charge on any atom is 0.314 e. The molecule has 0 amide bonds. The number of anilines is 1. The summed E-state index contributed by atoms with van der Waals surface area (Å²) >= 11 is 1.43. The van der Waals surface area contributed by atoms with Gasteiger partial charge in [0.1, 0.15) is 5.92 Å². The van der Waals surface area contributed by atoms with E-state index in [-0.39, 0.29) is 5.92 Å². The molecular formula is C20H24N2O4S. The van der Waals surface area contributed by atoms with Crippen molar-refractivity contribution in [3.8, 4) is 0 Å². The molecular weight excluding hydrogens is 364 g/mol. The third kappa shape index (κ3) is 3.56. The lowest BCUT2D eigenvalue weighted by molar-refractivity contribution is -0.155. The fourth-order valence-electron chi connectivity index (χ4n) is 3.62. The predicted molar refractivity (Wildman–Crippen MR) is 104 cm³/mol. The zero-order valence-corrected chi connectivity index (χ0v) is 17.0. The number of thiazole rings is 1. The first-order valence-corrected chi connectivity index (χ1v) is 9.58. The lowest BCUT2D eigenvalue weighted by Crippen LogP contribution is -2.38. The van der Waals surface area contributed by atoms with Gasteiger partial charge in [-0.05, 0) is 18.9 Å². The van der Waals surface area contributed by atoms with Crippen molar-refractivity contribution in [1.29, 1.82) is 0 Å². The average Bonchev–Trinajstić information content (AvgIpc) is 3.10. The fraction of sp³-hybridized carbons (Fsp3) is 0.450. The Hall–Kier alpha value is -2.41. The second kappa shape index (κ2) is 7.68. The zero-order valence-electron chi connectivity index (χ0n) is 16.2. The van der Waals surface area contributed by atoms with Crippen LogP contribution in [0.2, 0.25) is 0 Å². The number of ether oxygens (including phenoxy) is 2. The fourth-order valence-corrected chi connectivity index (χ4v) is 4.77. The number of fused-ring (bicyclic) bond motifs is 1. The minimum atomic E-state index is -0.719. The van der Waals surface area contributed by atoms with E-state index >= 15 is 0 Å². The van der Waals surface area contributed by atoms with E-state index in [0.29, 0.717) is 6.42 Å². The summed E-state index contributed by atoms with van der Waals surface area (Å²) in [4.78, 5) is 32.9. The molecule has 6 nitrogen and oxygen atoms in total. The van der Waals surface area contributed by atoms with Crippen LogP contribution < -0.4 is 4.90 Å². The Morgan fingerprint density at radius 2 is 1.74 bits per heavy atom. The van der Waals surface area contributed by atoms with Crippen molar-refractivity contribution in [2.45, 2.75) is 25.2 Å². The Bertz CT molecular complexity index is 844. The van der Waals surface area contributed by atoms with Crippen molar-refractivity contribution in [3.05, 3.63) is 46.0 Å². The molecule has 0 fully saturated rings. The Kier molecular flexibility index (Phi) is 5.51. The van der Waals surface area contributed by atoms with Crippen molar-refractivity contribution in [3.63, 3.8) is 0 Å². The summed E-state index contributed by atoms with van der Waals surface area (Å²) in [7, 11) is 6.52. The molecule has 7 heteroatoms. The molecule has 0 radical (unpaired) electrons. The molecule has 3 atom stereocenters. The van der Waals surface area contributed by atoms with Gasteiger partial charge in [0.2, 0.25) is 0 Å². The van der Waals surface area contributed by atoms with E-state index in [9.17, 15) is 9.59 Å². The van der Waals surface area contributed by atoms with Crippen LogP contribution in [0.25, 0.3) is 0 Å². The normalized spacial score (nSPS) is 21.3. The smallest absolute Gasteiger partial charge is 0.314 e. The van der Waals surface area contributed by atoms with Gasteiger partial charge in [0.25, 0.3) is 0 Å². The number of aromatic nitrogens is 1. The summed E-state index contributed by atoms with van der Waals surface area (Å²) in [6.07, 6.45) is 0.579. The molecule has 0 bridgehead atoms. The van der Waals surface area contributed by atoms with E-state index in [1.807, 2.05) is 50.2 Å². The maximum absolute atomic E-state index is 12.7. The largest absolute Gasteiger partial charge is 0.469 e. The summed E-state index contributed by atoms with van der Waals surface area (Å²) in [5.74, 6) is -2.40. The van der Waals surface area contributed by atoms with Crippen molar-refractivity contribution >= 4 is 28.4 Å². The van der Waals surface area contributed by atoms with E-state index in [1.54, 1.807) is 0 Å². The third-order valence-corrected chi connectivity index (χ3v) is 6.37. The van der Waals surface area contributed by atoms with E-state index < -0.39 is 23.8 Å². The third-order valence-electron chi connectivity index (χ3n) is 5.02. The molecule has 0 saturated carbocycles. The summed E-state index contributed by atoms with van der Waals surface area (Å²) in [5, 5.41) is 0.807. The number of rotatable bonds is 4. The van der Waals surface area contributed by atoms with Gasteiger partial charge in [0.15, 0.2) is 5.13 Å². The minimum Gasteiger partial charge on any atom is -0.469 e. The summed E-state index contributed by atoms with van der Waals surface area (Å²) < 4.78 is 10.1. The van der Waals surface area contributed by atoms with E-state index in [0.717, 1.165) is 26.8 Å². The van der Waals surface area contributed by atoms with Gasteiger partial charge in [-0.2, -0.15) is 0 Å². The van der Waals surface area contributed by atoms with Gasteiger partial charge in [-0.25, -0.2) is 4.98 Å². The number of benzene rings is 1. The molecule has 1 aliphatic carbocycles. The monoisotopic (exact) mass is 388 g/mol. The number of hydrogen-bond donors (Lipinski definition) is 0. The van der Waals surface area contributed by atoms with Crippen LogP contribution in [0, 0.1) is 12.8 Å². The molecule has 0 unspecified atom stereocenters. The minimum absolute atomic E-state index is 0.202. The molecule has 0 N–H and O–H groups in total. The maximum atomic E-state index is 12.7. The Morgan fingerprint density at radius 1 is 1.11 bits per heavy atom. The summed E-state index contributed by atoms with van der Waals surface area (Å²) in [6, 6.07) is 8.04. The van der Waals surface area contributed by atoms with E-state index in [1.165, 1.54) is 25.6 Å². The highest BCUT2D eigenvalue weighted by Gasteiger charge is 2.48. The van der Waals surface area contributed by atoms with Gasteiger partial charge in [-0.3, -0.25) is 9.59 Å². The van der Waals surface area contributed by atoms with Gasteiger partial charge in [-0.15, -0.1) is 11.3 Å². The Morgan fingerprint density at radius 3 is 2.30 bits per heavy atom. The molecule has 0 spiro atoms. The number of carbonyl (C=O) groups excluding carboxylic acids is 2. The highest BCUT2D eigenvalue weighted by Crippen LogP contribution is 2.48. The van der Waals surface area contributed by atoms with E-state index in [2.05, 4.69) is 0 Å². The number of carbonyl (C=O) groups is 2. The van der Waals surface area contributed by atoms with Gasteiger partial charge in [-0.1, -0.05) is 29.8 Å². The first-order valence-electron chi connectivity index (χ1n) is 8.76. The zero-order chi connectivity index (χ0) is 19.7. The van der Waals surface area contributed by atoms with Crippen molar-refractivity contribution in [1.82, 2.24) is 4.98 Å². The number of aryl methyl sites for hydroxylation is 1. The lowest BCUT2D eigenvalue weighted by Gasteiger charge is -2.34. The highest BCUT2D eigenvalue weighted by atomic mass is 32.1. The molecule has 1 aliphatic rings. The summed E-state index contributed by atoms with van der Waals surface area (Å²) in [5.41, 5.74) is 2.98. The molecule has 0 aliphatic heterocycles. The molecule has 0 saturated heterocycles. The quantitative estimate of drug-likeness (QED) is 0.750. The molecule has 27 heavy (non-hydrogen) atoms. The van der Waals surface area contributed by atoms with E-state index in [4.69, 9.17) is 14.5 Å². The van der Waals surface area contributed by atoms with Crippen molar-refractivity contribution in [2.75, 3.05) is 33.2 Å². The molecule has 1 aromatic carbocycles. The van der Waals surface area contributed by atoms with Crippen LogP contribution >= 0.6 is 11.3 Å². The van der Waals surface area contributed by atoms with Crippen LogP contribution in [-0.4, -0.2) is 45.2 Å². The first-order chi connectivity index (χ1) is 12.9. The van der Waals surface area contributed by atoms with Crippen LogP contribution in [0.5, 0.6) is 0 Å². The van der Waals surface area contributed by atoms with Crippen molar-refractivity contribution in [2.24, 2.45) is 5.92 Å². The standard InChI is InChI=1S/C20H24N2O4S/c1-11-6-8-12(9-7-11)13-10-14-17(27-20(21-14)22(2)3)16(19(24)26-5)15(13)18(23)25-4/h6-9,13,15-16H,10H2,1-5H3/t13-,15+,16+/m0/s1. The summed E-state index contributed by atoms with van der Waals surface area (Å²) in [6.45, 7) is 2.02. The van der Waals surface area contributed by atoms with Gasteiger partial charge >= 0.3 is 11.9 Å². The van der Waals surface area contributed by atoms with Gasteiger partial charge in [0, 0.05) is 24.9 Å². The number of nitrogens with zero attached hydrogens (tertiary/aromatic N) is 2. The van der Waals surface area contributed by atoms with Crippen LogP contribution in [0.4, 0.5) is 5.13 Å². The first kappa shape index (κ1) is 19.4. The predicted octanol–water partition coefficient (Wildman–Crippen LogP) is 2.90. The Balaban J connectivity index is 2.16. The average molecular weight is 388 g/mol. The van der Waals surface area contributed by atoms with Gasteiger partial charge < -0.3 is 14.4 Å². The topological polar surface area (TPSA) is 68.7 Å². The van der Waals surface area contributed by atoms with Crippen LogP contribution in [0.3, 0.4) is 0 Å².